The Hall–Kier alpha value is -8.00. The topological polar surface area (TPSA) is 66.1 Å². The van der Waals surface area contributed by atoms with E-state index in [0.717, 1.165) is 55.6 Å². The van der Waals surface area contributed by atoms with Gasteiger partial charge in [-0.3, -0.25) is 0 Å². The van der Waals surface area contributed by atoms with E-state index in [1.807, 2.05) is 172 Å². The zero-order valence-corrected chi connectivity index (χ0v) is 53.6. The maximum absolute atomic E-state index is 17.7. The third-order valence-electron chi connectivity index (χ3n) is 15.3. The van der Waals surface area contributed by atoms with Crippen LogP contribution in [0, 0.1) is 52.0 Å². The largest absolute Gasteiger partial charge is 0.580 e. The van der Waals surface area contributed by atoms with E-state index in [9.17, 15) is 10.2 Å². The van der Waals surface area contributed by atoms with Gasteiger partial charge in [-0.2, -0.15) is 0 Å². The summed E-state index contributed by atoms with van der Waals surface area (Å²) in [5.74, 6) is -3.68. The monoisotopic (exact) mass is 1230 g/mol. The van der Waals surface area contributed by atoms with Gasteiger partial charge in [0.1, 0.15) is 52.3 Å². The van der Waals surface area contributed by atoms with E-state index < -0.39 is 46.3 Å². The van der Waals surface area contributed by atoms with Crippen LogP contribution in [0.1, 0.15) is 84.1 Å². The van der Waals surface area contributed by atoms with Gasteiger partial charge in [0, 0.05) is 73.4 Å². The van der Waals surface area contributed by atoms with Gasteiger partial charge in [0.2, 0.25) is 0 Å². The number of aromatic hydroxyl groups is 4. The third-order valence-corrected chi connectivity index (χ3v) is 15.3. The number of ether oxygens (including phenoxy) is 2. The van der Waals surface area contributed by atoms with Crippen LogP contribution in [0.5, 0.6) is 23.0 Å². The average molecular weight is 1230 g/mol. The van der Waals surface area contributed by atoms with Crippen LogP contribution in [-0.4, -0.2) is 31.9 Å². The van der Waals surface area contributed by atoms with Gasteiger partial charge in [-0.05, 0) is 152 Å². The molecule has 0 heterocycles. The molecular weight excluding hydrogens is 1160 g/mol. The molecule has 86 heavy (non-hydrogen) atoms. The van der Waals surface area contributed by atoms with Gasteiger partial charge >= 0.3 is 0 Å². The fourth-order valence-corrected chi connectivity index (χ4v) is 11.5. The van der Waals surface area contributed by atoms with E-state index in [0.29, 0.717) is 22.3 Å². The normalized spacial score (nSPS) is 12.1. The first kappa shape index (κ1) is 65.5. The fourth-order valence-electron chi connectivity index (χ4n) is 11.5. The first-order chi connectivity index (χ1) is 39.5. The van der Waals surface area contributed by atoms with Crippen LogP contribution in [0.15, 0.2) is 194 Å². The van der Waals surface area contributed by atoms with E-state index in [2.05, 4.69) is 12.1 Å². The molecular formula is C77H76F4O4Zr. The number of rotatable bonds is 14. The van der Waals surface area contributed by atoms with Gasteiger partial charge in [-0.15, -0.1) is 0 Å². The zero-order valence-electron chi connectivity index (χ0n) is 51.1. The summed E-state index contributed by atoms with van der Waals surface area (Å²) in [6.45, 7) is 17.7. The van der Waals surface area contributed by atoms with Crippen molar-refractivity contribution in [2.24, 2.45) is 0 Å². The molecule has 10 aromatic carbocycles. The van der Waals surface area contributed by atoms with Crippen molar-refractivity contribution < 1.29 is 63.5 Å². The zero-order chi connectivity index (χ0) is 59.1. The SMILES string of the molecule is Cc1cc(-c2cc(-c3ccccc3)cc(-c3ccccc3)c2)c(O)c(-c2c([OH+][C@H](C)C[C@H](C)[OH+]c3cc(F)c(C(C)(C)C)c(F)c3-c3cc(C)cc(-c4cc(-c5ccccc5)cc(-c5ccccc5)c4)c3O)cc(F)c(C(C)(C)C)c2F)c1.[CH3-].[CH3-].[Zr]. The number of halogens is 4. The molecule has 0 aliphatic heterocycles. The molecule has 2 atom stereocenters. The molecule has 10 aromatic rings. The molecule has 4 nitrogen and oxygen atoms in total. The van der Waals surface area contributed by atoms with Crippen molar-refractivity contribution in [1.29, 1.82) is 0 Å². The fraction of sp³-hybridized carbons (Fsp3) is 0.195. The molecule has 0 spiro atoms. The van der Waals surface area contributed by atoms with Crippen molar-refractivity contribution in [1.82, 2.24) is 0 Å². The van der Waals surface area contributed by atoms with Crippen molar-refractivity contribution in [2.45, 2.75) is 98.7 Å². The van der Waals surface area contributed by atoms with Crippen molar-refractivity contribution in [3.63, 3.8) is 0 Å². The van der Waals surface area contributed by atoms with Crippen LogP contribution in [0.3, 0.4) is 0 Å². The summed E-state index contributed by atoms with van der Waals surface area (Å²) < 4.78 is 78.4. The number of phenols is 2. The smallest absolute Gasteiger partial charge is 0.268 e. The molecule has 0 radical (unpaired) electrons. The number of phenolic OH excluding ortho intramolecular Hbond substituents is 2. The Morgan fingerprint density at radius 3 is 0.895 bits per heavy atom. The molecule has 0 aliphatic rings. The molecule has 0 unspecified atom stereocenters. The van der Waals surface area contributed by atoms with E-state index in [1.165, 1.54) is 12.1 Å². The van der Waals surface area contributed by atoms with Crippen LogP contribution in [0.2, 0.25) is 0 Å². The number of hydrogen-bond donors (Lipinski definition) is 2. The first-order valence-corrected chi connectivity index (χ1v) is 28.2. The molecule has 0 amide bonds. The van der Waals surface area contributed by atoms with E-state index in [-0.39, 0.29) is 104 Å². The Bertz CT molecular complexity index is 3640. The number of hydrogen-bond acceptors (Lipinski definition) is 2. The number of benzene rings is 10. The van der Waals surface area contributed by atoms with E-state index in [1.54, 1.807) is 67.5 Å². The Balaban J connectivity index is 0.00000353. The van der Waals surface area contributed by atoms with Gasteiger partial charge in [0.05, 0.1) is 12.1 Å². The van der Waals surface area contributed by atoms with Crippen LogP contribution < -0.4 is 0 Å². The molecule has 4 N–H and O–H groups in total. The minimum atomic E-state index is -0.980. The van der Waals surface area contributed by atoms with Crippen molar-refractivity contribution >= 4 is 0 Å². The second kappa shape index (κ2) is 26.7. The Morgan fingerprint density at radius 1 is 0.372 bits per heavy atom. The van der Waals surface area contributed by atoms with Crippen LogP contribution in [-0.2, 0) is 37.0 Å². The van der Waals surface area contributed by atoms with Gasteiger partial charge in [-0.25, -0.2) is 17.6 Å². The predicted molar refractivity (Wildman–Crippen MR) is 346 cm³/mol. The molecule has 10 rings (SSSR count). The molecule has 0 aromatic heterocycles. The van der Waals surface area contributed by atoms with Crippen molar-refractivity contribution in [3.05, 3.63) is 254 Å². The molecule has 0 saturated carbocycles. The summed E-state index contributed by atoms with van der Waals surface area (Å²) in [7, 11) is 0. The number of aliphatic hydroxyl groups is 2. The molecule has 9 heteroatoms. The van der Waals surface area contributed by atoms with Crippen LogP contribution in [0.25, 0.3) is 89.0 Å². The summed E-state index contributed by atoms with van der Waals surface area (Å²) in [4.78, 5) is 0. The molecule has 0 bridgehead atoms. The quantitative estimate of drug-likeness (QED) is 0.0647. The standard InChI is InChI=1S/C75H68F4O4.2CH3.Zr/c1-44-31-58(56-38-52(48-23-15-11-16-24-48)36-53(39-56)49-25-17-12-18-26-49)72(80)60(33-44)66-64(42-62(76)68(70(66)78)74(5,6)7)82-46(3)35-47(4)83-65-43-63(77)69(75(8,9)10)71(79)67(65)61-34-45(2)32-59(73(61)81)57-40-54(50-27-19-13-20-28-50)37-55(41-57)51-29-21-14-22-30-51;;;/h11-34,36-43,46-47,80-81H,35H2,1-10H3;2*1H3;/q;2*-1;/p+2/t46-,47+;;;. The first-order valence-electron chi connectivity index (χ1n) is 28.2. The van der Waals surface area contributed by atoms with Gasteiger partial charge in [-0.1, -0.05) is 163 Å². The molecule has 0 aliphatic carbocycles. The van der Waals surface area contributed by atoms with Crippen molar-refractivity contribution in [2.75, 3.05) is 0 Å². The van der Waals surface area contributed by atoms with Crippen LogP contribution in [0.4, 0.5) is 17.6 Å². The summed E-state index contributed by atoms with van der Waals surface area (Å²) >= 11 is 0. The third kappa shape index (κ3) is 13.8. The maximum atomic E-state index is 17.7. The van der Waals surface area contributed by atoms with E-state index in [4.69, 9.17) is 9.47 Å². The summed E-state index contributed by atoms with van der Waals surface area (Å²) in [5.41, 5.74) is 9.25. The Kier molecular flexibility index (Phi) is 20.4. The Morgan fingerprint density at radius 2 is 0.628 bits per heavy atom. The Labute approximate surface area is 525 Å². The molecule has 440 valence electrons. The predicted octanol–water partition coefficient (Wildman–Crippen LogP) is 21.5. The van der Waals surface area contributed by atoms with Crippen LogP contribution >= 0.6 is 0 Å². The second-order valence-corrected chi connectivity index (χ2v) is 24.1. The minimum Gasteiger partial charge on any atom is -0.580 e. The van der Waals surface area contributed by atoms with E-state index >= 15 is 17.6 Å². The summed E-state index contributed by atoms with van der Waals surface area (Å²) in [6, 6.07) is 61.6. The number of aryl methyl sites for hydroxylation is 2. The summed E-state index contributed by atoms with van der Waals surface area (Å²) in [6.07, 6.45) is -1.17. The minimum absolute atomic E-state index is 0. The second-order valence-electron chi connectivity index (χ2n) is 24.1. The average Bonchev–Trinajstić information content (AvgIpc) is 1.59. The van der Waals surface area contributed by atoms with Gasteiger partial charge in [0.25, 0.3) is 11.5 Å². The molecule has 0 saturated heterocycles. The van der Waals surface area contributed by atoms with Gasteiger partial charge in [0.15, 0.2) is 12.2 Å². The van der Waals surface area contributed by atoms with Gasteiger partial charge < -0.3 is 34.5 Å². The van der Waals surface area contributed by atoms with Crippen molar-refractivity contribution in [3.8, 4) is 112 Å². The summed E-state index contributed by atoms with van der Waals surface area (Å²) in [5, 5.41) is 25.1. The molecule has 0 fully saturated rings. The maximum Gasteiger partial charge on any atom is 0.268 e.